The number of rotatable bonds is 20. The van der Waals surface area contributed by atoms with Crippen LogP contribution in [0.25, 0.3) is 22.0 Å². The Morgan fingerprint density at radius 1 is 0.833 bits per heavy atom. The standard InChI is InChI=1S/C50H55N9O12S/c1-56-24-35-33-21-30(27-72(2,69)70)32(46(64)53-17-20-71-19-4-6-29-5-3-7-31-34(29)26-59(49(31)67)37-10-11-40(61)54-47(37)65)22-38(33)57(23-28-8-9-28)25-36-43(35)45(50(56)68)55-44(36)48(66)52-16-15-51-39(60)14-18-58-41(62)12-13-42(58)63/h3,5,7,12-13,21-22,24,28,37,55H,4,6,8-11,14-20,23,25-27H2,1-2H3,(H,51,60)(H,52,66)(H,53,64)(H,54,61,65). The molecule has 2 fully saturated rings. The minimum atomic E-state index is -3.67. The van der Waals surface area contributed by atoms with E-state index < -0.39 is 62.6 Å². The zero-order valence-corrected chi connectivity index (χ0v) is 40.7. The van der Waals surface area contributed by atoms with Gasteiger partial charge in [-0.1, -0.05) is 12.1 Å². The number of benzene rings is 2. The number of carbonyl (C=O) groups excluding carboxylic acids is 8. The number of aryl methyl sites for hydroxylation is 2. The van der Waals surface area contributed by atoms with E-state index in [4.69, 9.17) is 4.74 Å². The lowest BCUT2D eigenvalue weighted by atomic mass is 9.95. The zero-order valence-electron chi connectivity index (χ0n) is 39.9. The Bertz CT molecular complexity index is 3150. The van der Waals surface area contributed by atoms with E-state index in [2.05, 4.69) is 31.2 Å². The molecule has 1 atom stereocenters. The number of aromatic nitrogens is 2. The molecule has 0 spiro atoms. The predicted molar refractivity (Wildman–Crippen MR) is 261 cm³/mol. The zero-order chi connectivity index (χ0) is 51.0. The number of H-pyrrole nitrogens is 1. The third-order valence-electron chi connectivity index (χ3n) is 13.6. The van der Waals surface area contributed by atoms with Crippen molar-refractivity contribution in [2.45, 2.75) is 69.8 Å². The number of pyridine rings is 1. The number of ether oxygens (including phenoxy) is 1. The molecule has 2 aromatic heterocycles. The van der Waals surface area contributed by atoms with Crippen molar-refractivity contribution in [1.29, 1.82) is 0 Å². The maximum Gasteiger partial charge on any atom is 0.274 e. The van der Waals surface area contributed by atoms with Gasteiger partial charge in [0, 0.05) is 136 Å². The molecule has 21 nitrogen and oxygen atoms in total. The smallest absolute Gasteiger partial charge is 0.274 e. The van der Waals surface area contributed by atoms with Crippen LogP contribution in [-0.2, 0) is 70.9 Å². The summed E-state index contributed by atoms with van der Waals surface area (Å²) < 4.78 is 33.2. The molecule has 9 rings (SSSR count). The Morgan fingerprint density at radius 2 is 1.58 bits per heavy atom. The van der Waals surface area contributed by atoms with E-state index in [1.165, 1.54) is 9.47 Å². The van der Waals surface area contributed by atoms with Gasteiger partial charge in [-0.15, -0.1) is 0 Å². The average molecular weight is 1010 g/mol. The van der Waals surface area contributed by atoms with Crippen molar-refractivity contribution in [3.05, 3.63) is 98.1 Å². The van der Waals surface area contributed by atoms with Crippen molar-refractivity contribution in [2.75, 3.05) is 57.1 Å². The molecular formula is C50H55N9O12S. The third kappa shape index (κ3) is 10.5. The molecule has 72 heavy (non-hydrogen) atoms. The molecule has 5 N–H and O–H groups in total. The number of nitrogens with one attached hydrogen (secondary N) is 5. The second kappa shape index (κ2) is 20.3. The van der Waals surface area contributed by atoms with E-state index in [1.54, 1.807) is 31.4 Å². The summed E-state index contributed by atoms with van der Waals surface area (Å²) in [5, 5.41) is 11.2. The number of imide groups is 2. The van der Waals surface area contributed by atoms with Gasteiger partial charge in [0.1, 0.15) is 17.3 Å². The maximum absolute atomic E-state index is 14.1. The van der Waals surface area contributed by atoms with Gasteiger partial charge in [0.25, 0.3) is 35.1 Å². The largest absolute Gasteiger partial charge is 0.380 e. The van der Waals surface area contributed by atoms with Crippen molar-refractivity contribution >= 4 is 73.7 Å². The summed E-state index contributed by atoms with van der Waals surface area (Å²) in [7, 11) is -2.10. The van der Waals surface area contributed by atoms with Crippen LogP contribution in [0.4, 0.5) is 5.69 Å². The molecule has 6 heterocycles. The lowest BCUT2D eigenvalue weighted by Crippen LogP contribution is -2.52. The van der Waals surface area contributed by atoms with Gasteiger partial charge >= 0.3 is 0 Å². The first-order valence-corrected chi connectivity index (χ1v) is 26.1. The number of sulfone groups is 1. The Kier molecular flexibility index (Phi) is 14.0. The lowest BCUT2D eigenvalue weighted by Gasteiger charge is -2.29. The number of aromatic amines is 1. The first kappa shape index (κ1) is 49.5. The monoisotopic (exact) mass is 1010 g/mol. The Hall–Kier alpha value is -7.46. The number of nitrogens with zero attached hydrogens (tertiary/aromatic N) is 4. The van der Waals surface area contributed by atoms with Gasteiger partial charge in [0.15, 0.2) is 9.84 Å². The Balaban J connectivity index is 0.871. The molecule has 378 valence electrons. The van der Waals surface area contributed by atoms with E-state index in [0.29, 0.717) is 65.2 Å². The molecule has 4 aliphatic heterocycles. The van der Waals surface area contributed by atoms with E-state index in [-0.39, 0.29) is 99.3 Å². The molecule has 0 bridgehead atoms. The summed E-state index contributed by atoms with van der Waals surface area (Å²) in [4.78, 5) is 123. The summed E-state index contributed by atoms with van der Waals surface area (Å²) in [5.74, 6) is -3.62. The van der Waals surface area contributed by atoms with Gasteiger partial charge < -0.3 is 40.0 Å². The lowest BCUT2D eigenvalue weighted by molar-refractivity contribution is -0.138. The number of hydrogen-bond donors (Lipinski definition) is 5. The second-order valence-electron chi connectivity index (χ2n) is 18.9. The molecule has 2 aromatic carbocycles. The summed E-state index contributed by atoms with van der Waals surface area (Å²) in [6, 6.07) is 8.17. The van der Waals surface area contributed by atoms with Crippen LogP contribution < -0.4 is 31.7 Å². The highest BCUT2D eigenvalue weighted by atomic mass is 32.2. The number of amides is 8. The van der Waals surface area contributed by atoms with Crippen molar-refractivity contribution < 1.29 is 51.5 Å². The first-order chi connectivity index (χ1) is 34.4. The SMILES string of the molecule is Cn1cc2c3c(c(C(=O)NCCNC(=O)CCN4C(=O)C=CC4=O)[nH]c3c1=O)CN(CC1CC1)c1cc(C(=O)NCCOCCCc3cccc4c3CN(C3CCC(=O)NC3=O)C4=O)c(CS(C)(=O)=O)cc1-2. The predicted octanol–water partition coefficient (Wildman–Crippen LogP) is 1.11. The minimum absolute atomic E-state index is 0.0187. The molecule has 1 saturated carbocycles. The van der Waals surface area contributed by atoms with Crippen LogP contribution in [0.15, 0.2) is 53.5 Å². The summed E-state index contributed by atoms with van der Waals surface area (Å²) in [6.45, 7) is 1.60. The first-order valence-electron chi connectivity index (χ1n) is 24.0. The van der Waals surface area contributed by atoms with Crippen molar-refractivity contribution in [3.63, 3.8) is 0 Å². The molecule has 22 heteroatoms. The van der Waals surface area contributed by atoms with Crippen LogP contribution >= 0.6 is 0 Å². The number of anilines is 1. The van der Waals surface area contributed by atoms with Crippen LogP contribution in [0.5, 0.6) is 0 Å². The highest BCUT2D eigenvalue weighted by Gasteiger charge is 2.40. The van der Waals surface area contributed by atoms with Gasteiger partial charge in [0.2, 0.25) is 17.7 Å². The third-order valence-corrected chi connectivity index (χ3v) is 14.5. The fraction of sp³-hybridized carbons (Fsp3) is 0.420. The number of piperidine rings is 1. The molecule has 5 aliphatic rings. The summed E-state index contributed by atoms with van der Waals surface area (Å²) >= 11 is 0. The fourth-order valence-electron chi connectivity index (χ4n) is 9.92. The van der Waals surface area contributed by atoms with Crippen molar-refractivity contribution in [2.24, 2.45) is 13.0 Å². The van der Waals surface area contributed by atoms with Gasteiger partial charge in [0.05, 0.1) is 12.4 Å². The highest BCUT2D eigenvalue weighted by Crippen LogP contribution is 2.45. The number of fused-ring (bicyclic) bond motifs is 3. The quantitative estimate of drug-likeness (QED) is 0.0614. The second-order valence-corrected chi connectivity index (χ2v) is 21.1. The fourth-order valence-corrected chi connectivity index (χ4v) is 10.7. The van der Waals surface area contributed by atoms with Crippen molar-refractivity contribution in [1.82, 2.24) is 40.6 Å². The molecule has 8 amide bonds. The highest BCUT2D eigenvalue weighted by molar-refractivity contribution is 7.89. The van der Waals surface area contributed by atoms with Crippen LogP contribution in [0, 0.1) is 5.92 Å². The van der Waals surface area contributed by atoms with E-state index >= 15 is 0 Å². The Morgan fingerprint density at radius 3 is 2.32 bits per heavy atom. The maximum atomic E-state index is 14.1. The minimum Gasteiger partial charge on any atom is -0.380 e. The molecule has 1 unspecified atom stereocenters. The van der Waals surface area contributed by atoms with Gasteiger partial charge in [-0.2, -0.15) is 0 Å². The average Bonchev–Trinajstić information content (AvgIpc) is 3.90. The van der Waals surface area contributed by atoms with Gasteiger partial charge in [-0.25, -0.2) is 8.42 Å². The molecule has 0 radical (unpaired) electrons. The van der Waals surface area contributed by atoms with E-state index in [1.807, 2.05) is 12.1 Å². The van der Waals surface area contributed by atoms with Gasteiger partial charge in [-0.3, -0.25) is 53.4 Å². The molecular weight excluding hydrogens is 951 g/mol. The van der Waals surface area contributed by atoms with Crippen LogP contribution in [0.2, 0.25) is 0 Å². The van der Waals surface area contributed by atoms with Crippen LogP contribution in [-0.4, -0.2) is 133 Å². The Labute approximate surface area is 413 Å². The summed E-state index contributed by atoms with van der Waals surface area (Å²) in [6.07, 6.45) is 8.49. The topological polar surface area (TPSA) is 276 Å². The molecule has 4 aromatic rings. The number of hydrogen-bond acceptors (Lipinski definition) is 13. The van der Waals surface area contributed by atoms with Gasteiger partial charge in [-0.05, 0) is 72.9 Å². The summed E-state index contributed by atoms with van der Waals surface area (Å²) in [5.41, 5.74) is 5.00. The van der Waals surface area contributed by atoms with Crippen molar-refractivity contribution in [3.8, 4) is 11.1 Å². The van der Waals surface area contributed by atoms with E-state index in [9.17, 15) is 51.6 Å². The van der Waals surface area contributed by atoms with E-state index in [0.717, 1.165) is 47.3 Å². The normalized spacial score (nSPS) is 17.3. The number of carbonyl (C=O) groups is 8. The molecule has 1 aliphatic carbocycles. The molecule has 1 saturated heterocycles. The van der Waals surface area contributed by atoms with Crippen LogP contribution in [0.1, 0.15) is 92.0 Å². The van der Waals surface area contributed by atoms with Crippen LogP contribution in [0.3, 0.4) is 0 Å².